The summed E-state index contributed by atoms with van der Waals surface area (Å²) in [6.07, 6.45) is 0. The molecule has 1 aliphatic rings. The highest BCUT2D eigenvalue weighted by Gasteiger charge is 2.30. The maximum absolute atomic E-state index is 13.3. The largest absolute Gasteiger partial charge is 0.273 e. The molecule has 2 amide bonds. The van der Waals surface area contributed by atoms with Crippen LogP contribution in [-0.4, -0.2) is 38.0 Å². The lowest BCUT2D eigenvalue weighted by Gasteiger charge is -2.16. The molecule has 0 atom stereocenters. The molecule has 0 saturated carbocycles. The summed E-state index contributed by atoms with van der Waals surface area (Å²) in [7, 11) is 0. The Balaban J connectivity index is 1.37. The number of hydrazone groups is 1. The molecule has 3 aromatic carbocycles. The number of anilines is 1. The molecule has 0 bridgehead atoms. The Bertz CT molecular complexity index is 1590. The summed E-state index contributed by atoms with van der Waals surface area (Å²) in [5.41, 5.74) is 3.91. The lowest BCUT2D eigenvalue weighted by Crippen LogP contribution is -2.32. The van der Waals surface area contributed by atoms with Crippen molar-refractivity contribution in [3.8, 4) is 5.69 Å². The number of rotatable bonds is 6. The van der Waals surface area contributed by atoms with E-state index >= 15 is 0 Å². The van der Waals surface area contributed by atoms with Crippen molar-refractivity contribution >= 4 is 80.3 Å². The molecule has 0 spiro atoms. The van der Waals surface area contributed by atoms with Crippen LogP contribution in [0.25, 0.3) is 16.6 Å². The topological polar surface area (TPSA) is 96.7 Å². The third-order valence-electron chi connectivity index (χ3n) is 5.27. The fourth-order valence-electron chi connectivity index (χ4n) is 3.60. The minimum absolute atomic E-state index is 0.0608. The second kappa shape index (κ2) is 11.0. The fourth-order valence-corrected chi connectivity index (χ4v) is 5.53. The number of thioether (sulfide) groups is 2. The van der Waals surface area contributed by atoms with Crippen molar-refractivity contribution in [2.45, 2.75) is 5.16 Å². The standard InChI is InChI=1S/C25H17Cl2N5O3S2/c26-15-6-9-18(10-7-15)31-22(34)14-37-25(31)30-29-21(33)13-36-24-28-20-11-8-16(27)12-19(20)23(35)32(24)17-4-2-1-3-5-17/h1-12H,13-14H2,(H,29,33)/b30-25+. The molecule has 0 radical (unpaired) electrons. The Hall–Kier alpha value is -3.31. The Labute approximate surface area is 229 Å². The number of amides is 2. The van der Waals surface area contributed by atoms with E-state index in [0.29, 0.717) is 42.6 Å². The van der Waals surface area contributed by atoms with Crippen LogP contribution in [0.1, 0.15) is 0 Å². The molecule has 5 rings (SSSR count). The fraction of sp³-hybridized carbons (Fsp3) is 0.0800. The van der Waals surface area contributed by atoms with Crippen LogP contribution in [0, 0.1) is 0 Å². The maximum Gasteiger partial charge on any atom is 0.266 e. The third-order valence-corrected chi connectivity index (χ3v) is 7.62. The van der Waals surface area contributed by atoms with Gasteiger partial charge in [0.25, 0.3) is 11.5 Å². The van der Waals surface area contributed by atoms with Crippen molar-refractivity contribution in [1.82, 2.24) is 15.0 Å². The third kappa shape index (κ3) is 5.52. The predicted octanol–water partition coefficient (Wildman–Crippen LogP) is 4.95. The lowest BCUT2D eigenvalue weighted by atomic mass is 10.2. The minimum Gasteiger partial charge on any atom is -0.273 e. The summed E-state index contributed by atoms with van der Waals surface area (Å²) >= 11 is 14.4. The molecule has 186 valence electrons. The normalized spacial score (nSPS) is 14.5. The van der Waals surface area contributed by atoms with Gasteiger partial charge in [0, 0.05) is 10.0 Å². The summed E-state index contributed by atoms with van der Waals surface area (Å²) in [5.74, 6) is -0.421. The number of amidine groups is 1. The molecule has 1 aliphatic heterocycles. The van der Waals surface area contributed by atoms with Gasteiger partial charge in [0.1, 0.15) is 0 Å². The van der Waals surface area contributed by atoms with Gasteiger partial charge in [-0.15, -0.1) is 5.10 Å². The molecule has 1 N–H and O–H groups in total. The number of aromatic nitrogens is 2. The van der Waals surface area contributed by atoms with E-state index in [1.54, 1.807) is 54.6 Å². The molecule has 8 nitrogen and oxygen atoms in total. The highest BCUT2D eigenvalue weighted by atomic mass is 35.5. The van der Waals surface area contributed by atoms with Gasteiger partial charge in [-0.2, -0.15) is 0 Å². The number of hydrogen-bond donors (Lipinski definition) is 1. The second-order valence-electron chi connectivity index (χ2n) is 7.74. The number of halogens is 2. The monoisotopic (exact) mass is 569 g/mol. The average Bonchev–Trinajstić information content (AvgIpc) is 3.27. The molecule has 4 aromatic rings. The number of carbonyl (C=O) groups excluding carboxylic acids is 2. The molecular formula is C25H17Cl2N5O3S2. The predicted molar refractivity (Wildman–Crippen MR) is 150 cm³/mol. The van der Waals surface area contributed by atoms with E-state index in [1.807, 2.05) is 18.2 Å². The average molecular weight is 570 g/mol. The molecule has 1 aromatic heterocycles. The zero-order valence-corrected chi connectivity index (χ0v) is 22.1. The van der Waals surface area contributed by atoms with Gasteiger partial charge >= 0.3 is 0 Å². The van der Waals surface area contributed by atoms with Crippen LogP contribution >= 0.6 is 46.7 Å². The number of benzene rings is 3. The van der Waals surface area contributed by atoms with Gasteiger partial charge in [-0.3, -0.25) is 23.9 Å². The highest BCUT2D eigenvalue weighted by Crippen LogP contribution is 2.28. The molecule has 2 heterocycles. The smallest absolute Gasteiger partial charge is 0.266 e. The first-order chi connectivity index (χ1) is 17.9. The van der Waals surface area contributed by atoms with Crippen molar-refractivity contribution in [3.05, 3.63) is 93.2 Å². The maximum atomic E-state index is 13.3. The lowest BCUT2D eigenvalue weighted by molar-refractivity contribution is -0.118. The van der Waals surface area contributed by atoms with Crippen molar-refractivity contribution in [2.24, 2.45) is 5.10 Å². The Morgan fingerprint density at radius 3 is 2.49 bits per heavy atom. The second-order valence-corrected chi connectivity index (χ2v) is 10.5. The van der Waals surface area contributed by atoms with E-state index in [1.165, 1.54) is 21.2 Å². The number of hydrogen-bond acceptors (Lipinski definition) is 7. The molecule has 1 fully saturated rings. The SMILES string of the molecule is O=C(CSc1nc2ccc(Cl)cc2c(=O)n1-c1ccccc1)N/N=C1/SCC(=O)N1c1ccc(Cl)cc1. The summed E-state index contributed by atoms with van der Waals surface area (Å²) in [6, 6.07) is 20.7. The molecule has 1 saturated heterocycles. The van der Waals surface area contributed by atoms with Crippen molar-refractivity contribution in [3.63, 3.8) is 0 Å². The first kappa shape index (κ1) is 25.3. The van der Waals surface area contributed by atoms with Gasteiger partial charge < -0.3 is 0 Å². The summed E-state index contributed by atoms with van der Waals surface area (Å²) in [6.45, 7) is 0. The number of nitrogens with zero attached hydrogens (tertiary/aromatic N) is 4. The zero-order chi connectivity index (χ0) is 25.9. The molecule has 0 aliphatic carbocycles. The van der Waals surface area contributed by atoms with Crippen molar-refractivity contribution in [2.75, 3.05) is 16.4 Å². The first-order valence-corrected chi connectivity index (χ1v) is 13.6. The van der Waals surface area contributed by atoms with Crippen molar-refractivity contribution in [1.29, 1.82) is 0 Å². The van der Waals surface area contributed by atoms with E-state index < -0.39 is 5.91 Å². The molecule has 37 heavy (non-hydrogen) atoms. The minimum atomic E-state index is -0.418. The van der Waals surface area contributed by atoms with Crippen LogP contribution < -0.4 is 15.9 Å². The van der Waals surface area contributed by atoms with Crippen LogP contribution in [0.4, 0.5) is 5.69 Å². The van der Waals surface area contributed by atoms with E-state index in [0.717, 1.165) is 11.8 Å². The Morgan fingerprint density at radius 2 is 1.73 bits per heavy atom. The first-order valence-electron chi connectivity index (χ1n) is 10.9. The number of carbonyl (C=O) groups is 2. The Kier molecular flexibility index (Phi) is 7.52. The van der Waals surface area contributed by atoms with Gasteiger partial charge in [0.2, 0.25) is 5.91 Å². The Morgan fingerprint density at radius 1 is 1.00 bits per heavy atom. The summed E-state index contributed by atoms with van der Waals surface area (Å²) < 4.78 is 1.45. The van der Waals surface area contributed by atoms with Gasteiger partial charge in [-0.1, -0.05) is 64.9 Å². The zero-order valence-electron chi connectivity index (χ0n) is 18.9. The van der Waals surface area contributed by atoms with E-state index in [-0.39, 0.29) is 23.0 Å². The van der Waals surface area contributed by atoms with E-state index in [9.17, 15) is 14.4 Å². The van der Waals surface area contributed by atoms with Crippen LogP contribution in [0.15, 0.2) is 87.8 Å². The van der Waals surface area contributed by atoms with E-state index in [4.69, 9.17) is 23.2 Å². The summed E-state index contributed by atoms with van der Waals surface area (Å²) in [5, 5.41) is 6.22. The van der Waals surface area contributed by atoms with Crippen LogP contribution in [0.3, 0.4) is 0 Å². The van der Waals surface area contributed by atoms with Gasteiger partial charge in [0.15, 0.2) is 10.3 Å². The number of nitrogens with one attached hydrogen (secondary N) is 1. The van der Waals surface area contributed by atoms with Gasteiger partial charge in [-0.05, 0) is 54.6 Å². The van der Waals surface area contributed by atoms with Crippen LogP contribution in [0.5, 0.6) is 0 Å². The quantitative estimate of drug-likeness (QED) is 0.200. The number of para-hydroxylation sites is 1. The van der Waals surface area contributed by atoms with Crippen molar-refractivity contribution < 1.29 is 9.59 Å². The van der Waals surface area contributed by atoms with Gasteiger partial charge in [0.05, 0.1) is 33.8 Å². The molecule has 0 unspecified atom stereocenters. The van der Waals surface area contributed by atoms with Crippen LogP contribution in [0.2, 0.25) is 10.0 Å². The van der Waals surface area contributed by atoms with Crippen LogP contribution in [-0.2, 0) is 9.59 Å². The number of fused-ring (bicyclic) bond motifs is 1. The highest BCUT2D eigenvalue weighted by molar-refractivity contribution is 8.15. The van der Waals surface area contributed by atoms with Gasteiger partial charge in [-0.25, -0.2) is 10.4 Å². The molecular weight excluding hydrogens is 553 g/mol. The molecule has 12 heteroatoms. The summed E-state index contributed by atoms with van der Waals surface area (Å²) in [4.78, 5) is 44.5. The van der Waals surface area contributed by atoms with E-state index in [2.05, 4.69) is 15.5 Å².